The van der Waals surface area contributed by atoms with Crippen molar-refractivity contribution in [3.8, 4) is 5.75 Å². The lowest BCUT2D eigenvalue weighted by Gasteiger charge is -2.34. The van der Waals surface area contributed by atoms with Crippen LogP contribution in [-0.2, 0) is 32.6 Å². The zero-order valence-corrected chi connectivity index (χ0v) is 27.3. The van der Waals surface area contributed by atoms with Crippen molar-refractivity contribution in [2.75, 3.05) is 18.0 Å². The Bertz CT molecular complexity index is 1650. The highest BCUT2D eigenvalue weighted by Gasteiger charge is 2.34. The Balaban J connectivity index is 1.78. The zero-order chi connectivity index (χ0) is 31.7. The van der Waals surface area contributed by atoms with Crippen LogP contribution in [0.15, 0.2) is 119 Å². The van der Waals surface area contributed by atoms with Gasteiger partial charge >= 0.3 is 0 Å². The summed E-state index contributed by atoms with van der Waals surface area (Å²) in [5, 5.41) is 2.96. The van der Waals surface area contributed by atoms with Crippen molar-refractivity contribution >= 4 is 43.5 Å². The number of nitrogens with one attached hydrogen (secondary N) is 1. The maximum absolute atomic E-state index is 14.4. The Morgan fingerprint density at radius 1 is 0.841 bits per heavy atom. The van der Waals surface area contributed by atoms with E-state index in [-0.39, 0.29) is 29.8 Å². The Labute approximate surface area is 267 Å². The Morgan fingerprint density at radius 2 is 1.45 bits per heavy atom. The number of methoxy groups -OCH3 is 1. The summed E-state index contributed by atoms with van der Waals surface area (Å²) >= 11 is 3.50. The van der Waals surface area contributed by atoms with Crippen molar-refractivity contribution in [3.05, 3.63) is 125 Å². The molecule has 0 bridgehead atoms. The van der Waals surface area contributed by atoms with Crippen molar-refractivity contribution in [1.82, 2.24) is 10.2 Å². The van der Waals surface area contributed by atoms with Gasteiger partial charge in [-0.3, -0.25) is 13.9 Å². The fraction of sp³-hybridized carbons (Fsp3) is 0.235. The number of halogens is 1. The van der Waals surface area contributed by atoms with Gasteiger partial charge in [-0.05, 0) is 73.5 Å². The average molecular weight is 679 g/mol. The SMILES string of the molecule is COc1ccc(S(=O)(=O)N(CC(=O)N(Cc2cccc(Br)c2)C(Cc2ccccc2)C(=O)NC(C)C)c2ccccc2)cc1. The number of carbonyl (C=O) groups is 2. The van der Waals surface area contributed by atoms with Crippen LogP contribution in [0.25, 0.3) is 0 Å². The van der Waals surface area contributed by atoms with Crippen LogP contribution < -0.4 is 14.4 Å². The average Bonchev–Trinajstić information content (AvgIpc) is 3.02. The largest absolute Gasteiger partial charge is 0.497 e. The van der Waals surface area contributed by atoms with Crippen molar-refractivity contribution in [2.45, 2.75) is 43.8 Å². The number of hydrogen-bond donors (Lipinski definition) is 1. The maximum atomic E-state index is 14.4. The minimum Gasteiger partial charge on any atom is -0.497 e. The van der Waals surface area contributed by atoms with Gasteiger partial charge in [-0.25, -0.2) is 8.42 Å². The molecule has 8 nitrogen and oxygen atoms in total. The van der Waals surface area contributed by atoms with E-state index in [1.807, 2.05) is 68.4 Å². The smallest absolute Gasteiger partial charge is 0.264 e. The molecule has 0 aliphatic heterocycles. The molecule has 0 saturated heterocycles. The molecular formula is C34H36BrN3O5S. The van der Waals surface area contributed by atoms with Gasteiger partial charge in [0, 0.05) is 23.5 Å². The van der Waals surface area contributed by atoms with Crippen LogP contribution in [0.4, 0.5) is 5.69 Å². The maximum Gasteiger partial charge on any atom is 0.264 e. The number of anilines is 1. The van der Waals surface area contributed by atoms with Crippen LogP contribution in [-0.4, -0.2) is 50.9 Å². The Kier molecular flexibility index (Phi) is 11.2. The van der Waals surface area contributed by atoms with Crippen molar-refractivity contribution in [1.29, 1.82) is 0 Å². The molecule has 1 unspecified atom stereocenters. The van der Waals surface area contributed by atoms with Crippen molar-refractivity contribution < 1.29 is 22.7 Å². The molecule has 4 aromatic carbocycles. The quantitative estimate of drug-likeness (QED) is 0.193. The first-order chi connectivity index (χ1) is 21.1. The van der Waals surface area contributed by atoms with E-state index >= 15 is 0 Å². The summed E-state index contributed by atoms with van der Waals surface area (Å²) in [6, 6.07) is 30.3. The summed E-state index contributed by atoms with van der Waals surface area (Å²) in [4.78, 5) is 29.6. The van der Waals surface area contributed by atoms with Crippen LogP contribution in [0.2, 0.25) is 0 Å². The van der Waals surface area contributed by atoms with E-state index in [9.17, 15) is 18.0 Å². The van der Waals surface area contributed by atoms with Gasteiger partial charge in [0.1, 0.15) is 18.3 Å². The second kappa shape index (κ2) is 15.0. The van der Waals surface area contributed by atoms with Gasteiger partial charge in [-0.2, -0.15) is 0 Å². The second-order valence-corrected chi connectivity index (χ2v) is 13.3. The molecule has 2 amide bonds. The normalized spacial score (nSPS) is 11.9. The number of para-hydroxylation sites is 1. The van der Waals surface area contributed by atoms with Gasteiger partial charge in [-0.15, -0.1) is 0 Å². The molecule has 230 valence electrons. The van der Waals surface area contributed by atoms with Gasteiger partial charge in [0.25, 0.3) is 10.0 Å². The predicted octanol–water partition coefficient (Wildman–Crippen LogP) is 5.82. The highest BCUT2D eigenvalue weighted by atomic mass is 79.9. The molecule has 4 rings (SSSR count). The first-order valence-corrected chi connectivity index (χ1v) is 16.4. The van der Waals surface area contributed by atoms with E-state index in [0.717, 1.165) is 19.9 Å². The summed E-state index contributed by atoms with van der Waals surface area (Å²) in [6.07, 6.45) is 0.246. The van der Waals surface area contributed by atoms with E-state index in [1.54, 1.807) is 42.5 Å². The van der Waals surface area contributed by atoms with E-state index < -0.39 is 28.5 Å². The predicted molar refractivity (Wildman–Crippen MR) is 176 cm³/mol. The van der Waals surface area contributed by atoms with E-state index in [1.165, 1.54) is 24.1 Å². The van der Waals surface area contributed by atoms with E-state index in [0.29, 0.717) is 11.4 Å². The number of benzene rings is 4. The third kappa shape index (κ3) is 8.48. The third-order valence-electron chi connectivity index (χ3n) is 6.91. The summed E-state index contributed by atoms with van der Waals surface area (Å²) in [6.45, 7) is 3.28. The van der Waals surface area contributed by atoms with Crippen LogP contribution in [0.3, 0.4) is 0 Å². The minimum atomic E-state index is -4.19. The molecule has 0 aliphatic rings. The lowest BCUT2D eigenvalue weighted by Crippen LogP contribution is -2.54. The number of ether oxygens (including phenoxy) is 1. The molecule has 0 heterocycles. The van der Waals surface area contributed by atoms with Crippen molar-refractivity contribution in [3.63, 3.8) is 0 Å². The van der Waals surface area contributed by atoms with Gasteiger partial charge < -0.3 is 15.0 Å². The summed E-state index contributed by atoms with van der Waals surface area (Å²) in [5.74, 6) is -0.339. The molecule has 0 aliphatic carbocycles. The minimum absolute atomic E-state index is 0.00637. The third-order valence-corrected chi connectivity index (χ3v) is 9.20. The number of hydrogen-bond acceptors (Lipinski definition) is 5. The van der Waals surface area contributed by atoms with Gasteiger partial charge in [0.15, 0.2) is 0 Å². The molecular weight excluding hydrogens is 642 g/mol. The Hall–Kier alpha value is -4.15. The first-order valence-electron chi connectivity index (χ1n) is 14.2. The lowest BCUT2D eigenvalue weighted by molar-refractivity contribution is -0.140. The fourth-order valence-electron chi connectivity index (χ4n) is 4.76. The molecule has 0 saturated carbocycles. The molecule has 0 spiro atoms. The lowest BCUT2D eigenvalue weighted by atomic mass is 10.0. The molecule has 1 atom stereocenters. The molecule has 0 fully saturated rings. The van der Waals surface area contributed by atoms with Crippen molar-refractivity contribution in [2.24, 2.45) is 0 Å². The monoisotopic (exact) mass is 677 g/mol. The number of rotatable bonds is 13. The van der Waals surface area contributed by atoms with Gasteiger partial charge in [-0.1, -0.05) is 76.6 Å². The Morgan fingerprint density at radius 3 is 2.05 bits per heavy atom. The standard InChI is InChI=1S/C34H36BrN3O5S/c1-25(2)36-34(40)32(22-26-11-6-4-7-12-26)37(23-27-13-10-14-28(35)21-27)33(39)24-38(29-15-8-5-9-16-29)44(41,42)31-19-17-30(43-3)18-20-31/h4-21,25,32H,22-24H2,1-3H3,(H,36,40). The van der Waals surface area contributed by atoms with E-state index in [2.05, 4.69) is 21.2 Å². The van der Waals surface area contributed by atoms with Gasteiger partial charge in [0.05, 0.1) is 17.7 Å². The highest BCUT2D eigenvalue weighted by Crippen LogP contribution is 2.26. The van der Waals surface area contributed by atoms with Gasteiger partial charge in [0.2, 0.25) is 11.8 Å². The molecule has 10 heteroatoms. The number of carbonyl (C=O) groups excluding carboxylic acids is 2. The number of sulfonamides is 1. The fourth-order valence-corrected chi connectivity index (χ4v) is 6.63. The number of nitrogens with zero attached hydrogens (tertiary/aromatic N) is 2. The second-order valence-electron chi connectivity index (χ2n) is 10.5. The summed E-state index contributed by atoms with van der Waals surface area (Å²) in [5.41, 5.74) is 1.98. The molecule has 0 radical (unpaired) electrons. The molecule has 1 N–H and O–H groups in total. The summed E-state index contributed by atoms with van der Waals surface area (Å²) < 4.78 is 35.2. The summed E-state index contributed by atoms with van der Waals surface area (Å²) in [7, 11) is -2.69. The van der Waals surface area contributed by atoms with Crippen LogP contribution in [0.5, 0.6) is 5.75 Å². The van der Waals surface area contributed by atoms with E-state index in [4.69, 9.17) is 4.74 Å². The molecule has 44 heavy (non-hydrogen) atoms. The van der Waals surface area contributed by atoms with Crippen LogP contribution >= 0.6 is 15.9 Å². The topological polar surface area (TPSA) is 96.0 Å². The highest BCUT2D eigenvalue weighted by molar-refractivity contribution is 9.10. The zero-order valence-electron chi connectivity index (χ0n) is 24.9. The number of amides is 2. The van der Waals surface area contributed by atoms with Crippen LogP contribution in [0, 0.1) is 0 Å². The van der Waals surface area contributed by atoms with Crippen LogP contribution in [0.1, 0.15) is 25.0 Å². The molecule has 0 aromatic heterocycles. The molecule has 4 aromatic rings. The first kappa shape index (κ1) is 32.8.